The van der Waals surface area contributed by atoms with Gasteiger partial charge in [-0.15, -0.1) is 0 Å². The highest BCUT2D eigenvalue weighted by Gasteiger charge is 2.01. The Bertz CT molecular complexity index is 400. The SMILES string of the molecule is O=NCc1cccc2nccc-2c1. The van der Waals surface area contributed by atoms with Crippen molar-refractivity contribution in [2.24, 2.45) is 5.18 Å². The predicted octanol–water partition coefficient (Wildman–Crippen LogP) is 2.45. The second-order valence-corrected chi connectivity index (χ2v) is 2.82. The normalized spacial score (nSPS) is 10.2. The van der Waals surface area contributed by atoms with Crippen LogP contribution < -0.4 is 0 Å². The largest absolute Gasteiger partial charge is 0.256 e. The van der Waals surface area contributed by atoms with Crippen molar-refractivity contribution in [2.45, 2.75) is 6.54 Å². The highest BCUT2D eigenvalue weighted by atomic mass is 16.3. The quantitative estimate of drug-likeness (QED) is 0.653. The van der Waals surface area contributed by atoms with Crippen molar-refractivity contribution < 1.29 is 0 Å². The molecule has 0 spiro atoms. The Kier molecular flexibility index (Phi) is 2.00. The monoisotopic (exact) mass is 172 g/mol. The van der Waals surface area contributed by atoms with Crippen molar-refractivity contribution >= 4 is 0 Å². The molecule has 0 saturated heterocycles. The molecule has 0 aromatic carbocycles. The zero-order valence-corrected chi connectivity index (χ0v) is 6.97. The number of fused-ring (bicyclic) bond motifs is 1. The molecule has 64 valence electrons. The topological polar surface area (TPSA) is 42.3 Å². The summed E-state index contributed by atoms with van der Waals surface area (Å²) in [7, 11) is 0. The van der Waals surface area contributed by atoms with Crippen LogP contribution in [0.15, 0.2) is 41.7 Å². The molecule has 1 aliphatic carbocycles. The van der Waals surface area contributed by atoms with Gasteiger partial charge in [0.2, 0.25) is 0 Å². The van der Waals surface area contributed by atoms with Gasteiger partial charge in [-0.25, -0.2) is 0 Å². The van der Waals surface area contributed by atoms with Crippen molar-refractivity contribution in [1.82, 2.24) is 4.98 Å². The van der Waals surface area contributed by atoms with Crippen molar-refractivity contribution in [1.29, 1.82) is 0 Å². The van der Waals surface area contributed by atoms with Crippen LogP contribution in [0.1, 0.15) is 5.56 Å². The lowest BCUT2D eigenvalue weighted by Crippen LogP contribution is -1.75. The van der Waals surface area contributed by atoms with Gasteiger partial charge in [0.25, 0.3) is 0 Å². The molecule has 0 bridgehead atoms. The van der Waals surface area contributed by atoms with Crippen LogP contribution >= 0.6 is 0 Å². The van der Waals surface area contributed by atoms with Crippen LogP contribution in [0.2, 0.25) is 0 Å². The zero-order chi connectivity index (χ0) is 9.10. The molecule has 0 atom stereocenters. The lowest BCUT2D eigenvalue weighted by atomic mass is 10.2. The highest BCUT2D eigenvalue weighted by molar-refractivity contribution is 5.61. The van der Waals surface area contributed by atoms with Gasteiger partial charge in [0.1, 0.15) is 6.54 Å². The minimum absolute atomic E-state index is 0.217. The van der Waals surface area contributed by atoms with Crippen LogP contribution in [0.3, 0.4) is 0 Å². The Morgan fingerprint density at radius 2 is 2.23 bits per heavy atom. The Morgan fingerprint density at radius 1 is 1.31 bits per heavy atom. The van der Waals surface area contributed by atoms with Gasteiger partial charge >= 0.3 is 0 Å². The van der Waals surface area contributed by atoms with Crippen LogP contribution in [-0.2, 0) is 6.54 Å². The molecule has 0 aromatic heterocycles. The molecule has 0 aromatic rings. The first kappa shape index (κ1) is 7.86. The minimum Gasteiger partial charge on any atom is -0.256 e. The van der Waals surface area contributed by atoms with Gasteiger partial charge in [-0.05, 0) is 23.8 Å². The summed E-state index contributed by atoms with van der Waals surface area (Å²) >= 11 is 0. The van der Waals surface area contributed by atoms with Crippen molar-refractivity contribution in [2.75, 3.05) is 0 Å². The molecule has 2 rings (SSSR count). The van der Waals surface area contributed by atoms with E-state index in [1.807, 2.05) is 30.3 Å². The first-order chi connectivity index (χ1) is 6.40. The average molecular weight is 172 g/mol. The number of nitrogens with zero attached hydrogens (tertiary/aromatic N) is 2. The molecule has 0 fully saturated rings. The maximum absolute atomic E-state index is 10.1. The Morgan fingerprint density at radius 3 is 3.08 bits per heavy atom. The van der Waals surface area contributed by atoms with Gasteiger partial charge in [-0.3, -0.25) is 4.98 Å². The molecular formula is C10H8N2O. The van der Waals surface area contributed by atoms with Crippen molar-refractivity contribution in [3.8, 4) is 11.3 Å². The second-order valence-electron chi connectivity index (χ2n) is 2.82. The van der Waals surface area contributed by atoms with E-state index < -0.39 is 0 Å². The fourth-order valence-electron chi connectivity index (χ4n) is 1.30. The first-order valence-corrected chi connectivity index (χ1v) is 4.03. The Balaban J connectivity index is 2.51. The lowest BCUT2D eigenvalue weighted by Gasteiger charge is -1.89. The second kappa shape index (κ2) is 3.31. The Hall–Kier alpha value is -1.77. The number of hydrogen-bond donors (Lipinski definition) is 0. The molecule has 3 nitrogen and oxygen atoms in total. The number of hydrogen-bond acceptors (Lipinski definition) is 3. The predicted molar refractivity (Wildman–Crippen MR) is 50.4 cm³/mol. The molecule has 0 N–H and O–H groups in total. The summed E-state index contributed by atoms with van der Waals surface area (Å²) in [5, 5.41) is 2.85. The standard InChI is InChI=1S/C10H8N2O/c13-12-7-8-2-1-3-10-9(6-8)4-5-11-10/h1-6H,7H2. The molecule has 3 heteroatoms. The molecule has 0 radical (unpaired) electrons. The van der Waals surface area contributed by atoms with E-state index in [1.165, 1.54) is 0 Å². The van der Waals surface area contributed by atoms with Gasteiger partial charge in [0, 0.05) is 11.8 Å². The molecular weight excluding hydrogens is 164 g/mol. The molecule has 2 aliphatic rings. The van der Waals surface area contributed by atoms with E-state index >= 15 is 0 Å². The summed E-state index contributed by atoms with van der Waals surface area (Å²) in [5.41, 5.74) is 2.90. The molecule has 0 unspecified atom stereocenters. The van der Waals surface area contributed by atoms with Crippen LogP contribution in [0.4, 0.5) is 0 Å². The number of nitroso groups, excluding NO2 is 1. The smallest absolute Gasteiger partial charge is 0.106 e. The maximum atomic E-state index is 10.1. The molecule has 0 amide bonds. The summed E-state index contributed by atoms with van der Waals surface area (Å²) in [6.45, 7) is 0.217. The zero-order valence-electron chi connectivity index (χ0n) is 6.97. The van der Waals surface area contributed by atoms with Crippen LogP contribution in [-0.4, -0.2) is 4.98 Å². The highest BCUT2D eigenvalue weighted by Crippen LogP contribution is 2.19. The molecule has 1 heterocycles. The van der Waals surface area contributed by atoms with E-state index in [1.54, 1.807) is 6.20 Å². The molecule has 13 heavy (non-hydrogen) atoms. The van der Waals surface area contributed by atoms with Gasteiger partial charge in [-0.2, -0.15) is 4.91 Å². The van der Waals surface area contributed by atoms with Crippen LogP contribution in [0.5, 0.6) is 0 Å². The summed E-state index contributed by atoms with van der Waals surface area (Å²) in [6.07, 6.45) is 1.75. The summed E-state index contributed by atoms with van der Waals surface area (Å²) in [5.74, 6) is 0. The first-order valence-electron chi connectivity index (χ1n) is 4.03. The maximum Gasteiger partial charge on any atom is 0.106 e. The van der Waals surface area contributed by atoms with E-state index in [4.69, 9.17) is 0 Å². The third-order valence-electron chi connectivity index (χ3n) is 1.92. The molecule has 0 saturated carbocycles. The van der Waals surface area contributed by atoms with Gasteiger partial charge in [-0.1, -0.05) is 17.3 Å². The van der Waals surface area contributed by atoms with Gasteiger partial charge in [0.05, 0.1) is 5.69 Å². The van der Waals surface area contributed by atoms with E-state index in [0.717, 1.165) is 16.8 Å². The fourth-order valence-corrected chi connectivity index (χ4v) is 1.30. The summed E-state index contributed by atoms with van der Waals surface area (Å²) < 4.78 is 0. The number of rotatable bonds is 2. The average Bonchev–Trinajstić information content (AvgIpc) is 2.46. The van der Waals surface area contributed by atoms with Crippen molar-refractivity contribution in [3.63, 3.8) is 0 Å². The van der Waals surface area contributed by atoms with Gasteiger partial charge in [0.15, 0.2) is 0 Å². The lowest BCUT2D eigenvalue weighted by molar-refractivity contribution is 1.06. The van der Waals surface area contributed by atoms with E-state index in [0.29, 0.717) is 0 Å². The number of aromatic nitrogens is 1. The fraction of sp³-hybridized carbons (Fsp3) is 0.100. The third-order valence-corrected chi connectivity index (χ3v) is 1.92. The van der Waals surface area contributed by atoms with Crippen LogP contribution in [0, 0.1) is 4.91 Å². The van der Waals surface area contributed by atoms with E-state index in [2.05, 4.69) is 10.2 Å². The van der Waals surface area contributed by atoms with Crippen LogP contribution in [0.25, 0.3) is 11.3 Å². The Labute approximate surface area is 75.7 Å². The third kappa shape index (κ3) is 1.54. The summed E-state index contributed by atoms with van der Waals surface area (Å²) in [4.78, 5) is 14.2. The van der Waals surface area contributed by atoms with Crippen molar-refractivity contribution in [3.05, 3.63) is 47.0 Å². The summed E-state index contributed by atoms with van der Waals surface area (Å²) in [6, 6.07) is 9.54. The van der Waals surface area contributed by atoms with E-state index in [9.17, 15) is 4.91 Å². The minimum atomic E-state index is 0.217. The van der Waals surface area contributed by atoms with E-state index in [-0.39, 0.29) is 6.54 Å². The molecule has 1 aliphatic heterocycles. The van der Waals surface area contributed by atoms with Gasteiger partial charge < -0.3 is 0 Å².